The van der Waals surface area contributed by atoms with Crippen LogP contribution in [0.15, 0.2) is 121 Å². The lowest BCUT2D eigenvalue weighted by atomic mass is 9.76. The quantitative estimate of drug-likeness (QED) is 0.140. The van der Waals surface area contributed by atoms with E-state index in [0.717, 1.165) is 28.0 Å². The lowest BCUT2D eigenvalue weighted by Crippen LogP contribution is -2.53. The summed E-state index contributed by atoms with van der Waals surface area (Å²) in [4.78, 5) is 27.0. The summed E-state index contributed by atoms with van der Waals surface area (Å²) in [5.74, 6) is -0.105. The maximum absolute atomic E-state index is 14.2. The van der Waals surface area contributed by atoms with Gasteiger partial charge in [0.05, 0.1) is 24.6 Å². The molecule has 0 unspecified atom stereocenters. The fourth-order valence-corrected chi connectivity index (χ4v) is 5.79. The highest BCUT2D eigenvalue weighted by Gasteiger charge is 2.40. The Kier molecular flexibility index (Phi) is 10.7. The molecule has 0 amide bonds. The normalized spacial score (nSPS) is 12.8. The Balaban J connectivity index is 1.76. The zero-order valence-corrected chi connectivity index (χ0v) is 24.0. The van der Waals surface area contributed by atoms with Gasteiger partial charge < -0.3 is 4.74 Å². The largest absolute Gasteiger partial charge is 0.469 e. The van der Waals surface area contributed by atoms with Gasteiger partial charge in [0.1, 0.15) is 0 Å². The highest BCUT2D eigenvalue weighted by Crippen LogP contribution is 2.38. The van der Waals surface area contributed by atoms with Crippen molar-refractivity contribution in [1.29, 1.82) is 0 Å². The van der Waals surface area contributed by atoms with Gasteiger partial charge in [-0.3, -0.25) is 14.9 Å². The van der Waals surface area contributed by atoms with Crippen molar-refractivity contribution in [2.24, 2.45) is 5.92 Å². The molecule has 0 fully saturated rings. The summed E-state index contributed by atoms with van der Waals surface area (Å²) >= 11 is 1.71. The molecule has 40 heavy (non-hydrogen) atoms. The van der Waals surface area contributed by atoms with E-state index in [1.54, 1.807) is 11.8 Å². The number of Topliss-reactive ketones (excluding diaryl/α,β-unsaturated/α-hetero) is 1. The van der Waals surface area contributed by atoms with E-state index in [9.17, 15) is 9.59 Å². The van der Waals surface area contributed by atoms with Gasteiger partial charge in [-0.25, -0.2) is 0 Å². The Morgan fingerprint density at radius 3 is 1.62 bits per heavy atom. The molecular formula is C35H37NO3S. The maximum atomic E-state index is 14.2. The van der Waals surface area contributed by atoms with Gasteiger partial charge in [-0.1, -0.05) is 121 Å². The van der Waals surface area contributed by atoms with Crippen molar-refractivity contribution in [3.63, 3.8) is 0 Å². The summed E-state index contributed by atoms with van der Waals surface area (Å²) < 4.78 is 5.14. The van der Waals surface area contributed by atoms with E-state index in [-0.39, 0.29) is 18.2 Å². The number of nitrogens with one attached hydrogen (secondary N) is 1. The minimum absolute atomic E-state index is 0.00699. The highest BCUT2D eigenvalue weighted by molar-refractivity contribution is 7.98. The van der Waals surface area contributed by atoms with Gasteiger partial charge in [-0.15, -0.1) is 0 Å². The average molecular weight is 552 g/mol. The molecule has 4 nitrogen and oxygen atoms in total. The van der Waals surface area contributed by atoms with E-state index in [1.165, 1.54) is 7.11 Å². The Morgan fingerprint density at radius 1 is 0.750 bits per heavy atom. The van der Waals surface area contributed by atoms with Crippen molar-refractivity contribution in [3.8, 4) is 0 Å². The number of methoxy groups -OCH3 is 1. The van der Waals surface area contributed by atoms with Crippen molar-refractivity contribution < 1.29 is 14.3 Å². The molecule has 0 saturated carbocycles. The molecule has 4 aromatic carbocycles. The zero-order chi connectivity index (χ0) is 28.2. The molecule has 206 valence electrons. The maximum Gasteiger partial charge on any atom is 0.309 e. The third-order valence-corrected chi connectivity index (χ3v) is 7.96. The number of carbonyl (C=O) groups is 2. The van der Waals surface area contributed by atoms with Crippen LogP contribution in [0.5, 0.6) is 0 Å². The second kappa shape index (κ2) is 14.6. The van der Waals surface area contributed by atoms with Gasteiger partial charge in [0, 0.05) is 6.42 Å². The predicted octanol–water partition coefficient (Wildman–Crippen LogP) is 6.68. The molecule has 0 radical (unpaired) electrons. The van der Waals surface area contributed by atoms with Gasteiger partial charge in [0.25, 0.3) is 0 Å². The van der Waals surface area contributed by atoms with Gasteiger partial charge >= 0.3 is 5.97 Å². The van der Waals surface area contributed by atoms with Crippen LogP contribution >= 0.6 is 11.8 Å². The van der Waals surface area contributed by atoms with Crippen molar-refractivity contribution in [2.45, 2.75) is 30.8 Å². The molecule has 1 N–H and O–H groups in total. The number of hydrogen-bond acceptors (Lipinski definition) is 5. The first kappa shape index (κ1) is 29.3. The third kappa shape index (κ3) is 7.09. The van der Waals surface area contributed by atoms with Crippen LogP contribution in [0.1, 0.15) is 35.1 Å². The van der Waals surface area contributed by atoms with Crippen molar-refractivity contribution in [2.75, 3.05) is 19.1 Å². The fraction of sp³-hybridized carbons (Fsp3) is 0.257. The lowest BCUT2D eigenvalue weighted by Gasteiger charge is -2.40. The molecule has 0 aliphatic carbocycles. The number of hydrogen-bond donors (Lipinski definition) is 1. The predicted molar refractivity (Wildman–Crippen MR) is 164 cm³/mol. The Morgan fingerprint density at radius 2 is 1.20 bits per heavy atom. The SMILES string of the molecule is COC(=O)[C@@H](CC(=O)[C@H](CCSC)NC(c1ccccc1)(c1ccccc1)c1ccccc1)Cc1ccccc1. The minimum atomic E-state index is -0.775. The van der Waals surface area contributed by atoms with Crippen LogP contribution in [0.25, 0.3) is 0 Å². The monoisotopic (exact) mass is 551 g/mol. The minimum Gasteiger partial charge on any atom is -0.469 e. The molecule has 2 atom stereocenters. The average Bonchev–Trinajstić information content (AvgIpc) is 3.02. The van der Waals surface area contributed by atoms with E-state index in [1.807, 2.05) is 91.2 Å². The fourth-order valence-electron chi connectivity index (χ4n) is 5.31. The molecular weight excluding hydrogens is 514 g/mol. The molecule has 0 spiro atoms. The zero-order valence-electron chi connectivity index (χ0n) is 23.2. The summed E-state index contributed by atoms with van der Waals surface area (Å²) in [5, 5.41) is 3.86. The van der Waals surface area contributed by atoms with Gasteiger partial charge in [0.2, 0.25) is 0 Å². The van der Waals surface area contributed by atoms with Crippen LogP contribution in [0, 0.1) is 5.92 Å². The van der Waals surface area contributed by atoms with Crippen LogP contribution in [-0.2, 0) is 26.3 Å². The van der Waals surface area contributed by atoms with Crippen LogP contribution < -0.4 is 5.32 Å². The van der Waals surface area contributed by atoms with Crippen LogP contribution in [0.4, 0.5) is 0 Å². The first-order valence-corrected chi connectivity index (χ1v) is 15.1. The first-order valence-electron chi connectivity index (χ1n) is 13.7. The van der Waals surface area contributed by atoms with E-state index in [0.29, 0.717) is 12.8 Å². The smallest absolute Gasteiger partial charge is 0.309 e. The molecule has 0 heterocycles. The van der Waals surface area contributed by atoms with Crippen LogP contribution in [0.2, 0.25) is 0 Å². The number of esters is 1. The number of benzene rings is 4. The number of thioether (sulfide) groups is 1. The number of rotatable bonds is 14. The topological polar surface area (TPSA) is 55.4 Å². The van der Waals surface area contributed by atoms with Gasteiger partial charge in [0.15, 0.2) is 5.78 Å². The summed E-state index contributed by atoms with van der Waals surface area (Å²) in [6.45, 7) is 0. The number of ketones is 1. The molecule has 0 bridgehead atoms. The third-order valence-electron chi connectivity index (χ3n) is 7.32. The van der Waals surface area contributed by atoms with E-state index >= 15 is 0 Å². The van der Waals surface area contributed by atoms with Crippen LogP contribution in [0.3, 0.4) is 0 Å². The molecule has 4 aromatic rings. The number of carbonyl (C=O) groups excluding carboxylic acids is 2. The molecule has 4 rings (SSSR count). The highest BCUT2D eigenvalue weighted by atomic mass is 32.2. The van der Waals surface area contributed by atoms with Crippen molar-refractivity contribution >= 4 is 23.5 Å². The summed E-state index contributed by atoms with van der Waals surface area (Å²) in [6.07, 6.45) is 3.23. The van der Waals surface area contributed by atoms with Crippen molar-refractivity contribution in [3.05, 3.63) is 144 Å². The summed E-state index contributed by atoms with van der Waals surface area (Å²) in [7, 11) is 1.39. The molecule has 0 aliphatic heterocycles. The van der Waals surface area contributed by atoms with E-state index in [4.69, 9.17) is 4.74 Å². The van der Waals surface area contributed by atoms with Crippen molar-refractivity contribution in [1.82, 2.24) is 5.32 Å². The van der Waals surface area contributed by atoms with Gasteiger partial charge in [-0.05, 0) is 47.1 Å². The van der Waals surface area contributed by atoms with E-state index < -0.39 is 17.5 Å². The molecule has 0 aromatic heterocycles. The second-order valence-corrected chi connectivity index (χ2v) is 10.9. The Labute approximate surface area is 242 Å². The number of ether oxygens (including phenoxy) is 1. The molecule has 0 aliphatic rings. The second-order valence-electron chi connectivity index (χ2n) is 9.91. The molecule has 0 saturated heterocycles. The summed E-state index contributed by atoms with van der Waals surface area (Å²) in [5.41, 5.74) is 3.36. The summed E-state index contributed by atoms with van der Waals surface area (Å²) in [6, 6.07) is 40.2. The Hall–Kier alpha value is -3.67. The standard InChI is InChI=1S/C35H37NO3S/c1-39-34(38)28(25-27-15-7-3-8-16-27)26-33(37)32(23-24-40-2)36-35(29-17-9-4-10-18-29,30-19-11-5-12-20-30)31-21-13-6-14-22-31/h3-22,28,32,36H,23-26H2,1-2H3/t28-,32+/m1/s1. The lowest BCUT2D eigenvalue weighted by molar-refractivity contribution is -0.147. The van der Waals surface area contributed by atoms with Crippen LogP contribution in [-0.4, -0.2) is 36.9 Å². The van der Waals surface area contributed by atoms with Gasteiger partial charge in [-0.2, -0.15) is 11.8 Å². The van der Waals surface area contributed by atoms with E-state index in [2.05, 4.69) is 41.7 Å². The molecule has 5 heteroatoms. The Bertz CT molecular complexity index is 1230. The first-order chi connectivity index (χ1) is 19.6.